The molecule has 0 aliphatic carbocycles. The summed E-state index contributed by atoms with van der Waals surface area (Å²) in [4.78, 5) is 24.1. The van der Waals surface area contributed by atoms with Gasteiger partial charge in [0, 0.05) is 25.4 Å². The normalized spacial score (nSPS) is 24.5. The number of carboxylic acid groups (broad SMARTS) is 1. The number of likely N-dealkylation sites (tertiary alicyclic amines) is 1. The number of hydrogen-bond donors (Lipinski definition) is 2. The fraction of sp³-hybridized carbons (Fsp3) is 0.800. The third-order valence-electron chi connectivity index (χ3n) is 2.80. The van der Waals surface area contributed by atoms with Gasteiger partial charge in [0.15, 0.2) is 0 Å². The van der Waals surface area contributed by atoms with Crippen molar-refractivity contribution in [3.05, 3.63) is 0 Å². The quantitative estimate of drug-likeness (QED) is 0.717. The molecule has 6 heteroatoms. The minimum absolute atomic E-state index is 0.0313. The Hall–Kier alpha value is -0.910. The molecule has 1 heterocycles. The molecule has 0 radical (unpaired) electrons. The standard InChI is InChI=1S/C10H18N2O3S/c1-7-5-12(6-8(7)9(13)14)10(15)11-3-4-16-2/h7-8H,3-6H2,1-2H3,(H,11,15)(H,13,14). The van der Waals surface area contributed by atoms with Gasteiger partial charge in [0.1, 0.15) is 0 Å². The van der Waals surface area contributed by atoms with Gasteiger partial charge in [-0.1, -0.05) is 6.92 Å². The Morgan fingerprint density at radius 3 is 2.69 bits per heavy atom. The zero-order chi connectivity index (χ0) is 12.1. The predicted molar refractivity (Wildman–Crippen MR) is 63.6 cm³/mol. The third kappa shape index (κ3) is 3.30. The summed E-state index contributed by atoms with van der Waals surface area (Å²) in [6.45, 7) is 3.35. The van der Waals surface area contributed by atoms with Gasteiger partial charge in [-0.2, -0.15) is 11.8 Å². The average molecular weight is 246 g/mol. The van der Waals surface area contributed by atoms with Gasteiger partial charge in [0.25, 0.3) is 0 Å². The highest BCUT2D eigenvalue weighted by Gasteiger charge is 2.36. The molecule has 1 saturated heterocycles. The molecule has 2 N–H and O–H groups in total. The van der Waals surface area contributed by atoms with Gasteiger partial charge in [-0.15, -0.1) is 0 Å². The van der Waals surface area contributed by atoms with Gasteiger partial charge in [0.05, 0.1) is 5.92 Å². The first-order valence-electron chi connectivity index (χ1n) is 5.30. The van der Waals surface area contributed by atoms with Crippen molar-refractivity contribution in [1.29, 1.82) is 0 Å². The van der Waals surface area contributed by atoms with Crippen molar-refractivity contribution < 1.29 is 14.7 Å². The maximum atomic E-state index is 11.6. The fourth-order valence-electron chi connectivity index (χ4n) is 1.83. The maximum absolute atomic E-state index is 11.6. The first-order valence-corrected chi connectivity index (χ1v) is 6.70. The number of hydrogen-bond acceptors (Lipinski definition) is 3. The number of nitrogens with zero attached hydrogens (tertiary/aromatic N) is 1. The summed E-state index contributed by atoms with van der Waals surface area (Å²) >= 11 is 1.66. The maximum Gasteiger partial charge on any atom is 0.317 e. The molecule has 1 fully saturated rings. The second kappa shape index (κ2) is 5.98. The number of nitrogens with one attached hydrogen (secondary N) is 1. The molecule has 0 saturated carbocycles. The number of carboxylic acids is 1. The minimum atomic E-state index is -0.813. The number of amides is 2. The molecule has 2 unspecified atom stereocenters. The van der Waals surface area contributed by atoms with Gasteiger partial charge in [-0.25, -0.2) is 4.79 Å². The van der Waals surface area contributed by atoms with Crippen molar-refractivity contribution in [2.24, 2.45) is 11.8 Å². The van der Waals surface area contributed by atoms with E-state index in [4.69, 9.17) is 5.11 Å². The SMILES string of the molecule is CSCCNC(=O)N1CC(C)C(C(=O)O)C1. The van der Waals surface area contributed by atoms with E-state index in [1.54, 1.807) is 16.7 Å². The van der Waals surface area contributed by atoms with E-state index in [2.05, 4.69) is 5.32 Å². The topological polar surface area (TPSA) is 69.6 Å². The molecule has 5 nitrogen and oxygen atoms in total. The summed E-state index contributed by atoms with van der Waals surface area (Å²) in [7, 11) is 0. The number of rotatable bonds is 4. The van der Waals surface area contributed by atoms with Crippen LogP contribution in [0, 0.1) is 11.8 Å². The van der Waals surface area contributed by atoms with Crippen LogP contribution in [0.25, 0.3) is 0 Å². The molecule has 1 aliphatic rings. The van der Waals surface area contributed by atoms with Gasteiger partial charge in [0.2, 0.25) is 0 Å². The third-order valence-corrected chi connectivity index (χ3v) is 3.41. The molecule has 1 rings (SSSR count). The summed E-state index contributed by atoms with van der Waals surface area (Å²) in [5.41, 5.74) is 0. The smallest absolute Gasteiger partial charge is 0.317 e. The lowest BCUT2D eigenvalue weighted by Crippen LogP contribution is -2.39. The lowest BCUT2D eigenvalue weighted by atomic mass is 9.99. The van der Waals surface area contributed by atoms with E-state index in [0.717, 1.165) is 5.75 Å². The van der Waals surface area contributed by atoms with Crippen LogP contribution in [0.2, 0.25) is 0 Å². The second-order valence-electron chi connectivity index (χ2n) is 4.05. The van der Waals surface area contributed by atoms with Gasteiger partial charge >= 0.3 is 12.0 Å². The first-order chi connectivity index (χ1) is 7.56. The van der Waals surface area contributed by atoms with Crippen LogP contribution in [0.3, 0.4) is 0 Å². The highest BCUT2D eigenvalue weighted by molar-refractivity contribution is 7.98. The Kier molecular flexibility index (Phi) is 4.92. The molecule has 2 atom stereocenters. The monoisotopic (exact) mass is 246 g/mol. The Bertz CT molecular complexity index is 273. The minimum Gasteiger partial charge on any atom is -0.481 e. The van der Waals surface area contributed by atoms with Crippen LogP contribution in [0.4, 0.5) is 4.79 Å². The van der Waals surface area contributed by atoms with Gasteiger partial charge in [-0.05, 0) is 12.2 Å². The van der Waals surface area contributed by atoms with E-state index in [9.17, 15) is 9.59 Å². The number of urea groups is 1. The van der Waals surface area contributed by atoms with E-state index in [1.165, 1.54) is 0 Å². The molecule has 0 spiro atoms. The molecule has 92 valence electrons. The Morgan fingerprint density at radius 1 is 1.50 bits per heavy atom. The lowest BCUT2D eigenvalue weighted by Gasteiger charge is -2.16. The Morgan fingerprint density at radius 2 is 2.19 bits per heavy atom. The van der Waals surface area contributed by atoms with Crippen LogP contribution < -0.4 is 5.32 Å². The molecule has 16 heavy (non-hydrogen) atoms. The van der Waals surface area contributed by atoms with Crippen molar-refractivity contribution in [3.63, 3.8) is 0 Å². The molecule has 0 bridgehead atoms. The van der Waals surface area contributed by atoms with Crippen LogP contribution in [0.15, 0.2) is 0 Å². The van der Waals surface area contributed by atoms with E-state index in [-0.39, 0.29) is 11.9 Å². The van der Waals surface area contributed by atoms with Crippen LogP contribution in [-0.4, -0.2) is 53.6 Å². The van der Waals surface area contributed by atoms with Crippen molar-refractivity contribution >= 4 is 23.8 Å². The van der Waals surface area contributed by atoms with Crippen molar-refractivity contribution in [1.82, 2.24) is 10.2 Å². The molecule has 2 amide bonds. The molecule has 0 aromatic heterocycles. The molecular weight excluding hydrogens is 228 g/mol. The largest absolute Gasteiger partial charge is 0.481 e. The Labute approximate surface area is 99.6 Å². The highest BCUT2D eigenvalue weighted by Crippen LogP contribution is 2.22. The van der Waals surface area contributed by atoms with Crippen LogP contribution in [-0.2, 0) is 4.79 Å². The molecule has 0 aromatic carbocycles. The molecule has 1 aliphatic heterocycles. The van der Waals surface area contributed by atoms with Crippen LogP contribution in [0.5, 0.6) is 0 Å². The zero-order valence-corrected chi connectivity index (χ0v) is 10.4. The number of carbonyl (C=O) groups is 2. The van der Waals surface area contributed by atoms with Crippen molar-refractivity contribution in [3.8, 4) is 0 Å². The van der Waals surface area contributed by atoms with E-state index in [0.29, 0.717) is 19.6 Å². The first kappa shape index (κ1) is 13.2. The van der Waals surface area contributed by atoms with Crippen LogP contribution in [0.1, 0.15) is 6.92 Å². The lowest BCUT2D eigenvalue weighted by molar-refractivity contribution is -0.142. The Balaban J connectivity index is 2.39. The van der Waals surface area contributed by atoms with E-state index in [1.807, 2.05) is 13.2 Å². The zero-order valence-electron chi connectivity index (χ0n) is 9.60. The molecule has 0 aromatic rings. The summed E-state index contributed by atoms with van der Waals surface area (Å²) in [5.74, 6) is -0.334. The predicted octanol–water partition coefficient (Wildman–Crippen LogP) is 0.712. The van der Waals surface area contributed by atoms with Crippen molar-refractivity contribution in [2.75, 3.05) is 31.6 Å². The summed E-state index contributed by atoms with van der Waals surface area (Å²) in [6.07, 6.45) is 1.98. The summed E-state index contributed by atoms with van der Waals surface area (Å²) in [6, 6.07) is -0.148. The second-order valence-corrected chi connectivity index (χ2v) is 5.04. The molecular formula is C10H18N2O3S. The summed E-state index contributed by atoms with van der Waals surface area (Å²) < 4.78 is 0. The van der Waals surface area contributed by atoms with E-state index >= 15 is 0 Å². The summed E-state index contributed by atoms with van der Waals surface area (Å²) in [5, 5.41) is 11.7. The van der Waals surface area contributed by atoms with Crippen LogP contribution >= 0.6 is 11.8 Å². The van der Waals surface area contributed by atoms with Gasteiger partial charge in [-0.3, -0.25) is 4.79 Å². The average Bonchev–Trinajstić information content (AvgIpc) is 2.60. The number of carbonyl (C=O) groups excluding carboxylic acids is 1. The fourth-order valence-corrected chi connectivity index (χ4v) is 2.13. The number of aliphatic carboxylic acids is 1. The number of thioether (sulfide) groups is 1. The van der Waals surface area contributed by atoms with Crippen molar-refractivity contribution in [2.45, 2.75) is 6.92 Å². The highest BCUT2D eigenvalue weighted by atomic mass is 32.2. The van der Waals surface area contributed by atoms with Gasteiger partial charge < -0.3 is 15.3 Å². The van der Waals surface area contributed by atoms with E-state index < -0.39 is 11.9 Å².